The quantitative estimate of drug-likeness (QED) is 0.415. The van der Waals surface area contributed by atoms with Crippen LogP contribution in [0, 0.1) is 0 Å². The summed E-state index contributed by atoms with van der Waals surface area (Å²) in [7, 11) is 0. The predicted molar refractivity (Wildman–Crippen MR) is 102 cm³/mol. The fourth-order valence-corrected chi connectivity index (χ4v) is 4.35. The molecule has 6 heteroatoms. The fourth-order valence-electron chi connectivity index (χ4n) is 3.51. The third-order valence-corrected chi connectivity index (χ3v) is 5.59. The summed E-state index contributed by atoms with van der Waals surface area (Å²) in [5.41, 5.74) is 1.57. The number of nitrogens with one attached hydrogen (secondary N) is 1. The Bertz CT molecular complexity index is 1020. The molecule has 26 heavy (non-hydrogen) atoms. The SMILES string of the molecule is CCCN1C(=O)C(=O)/C(=C(\O)c2c[nH]c3ccccc23)C1c1cccs1. The van der Waals surface area contributed by atoms with Crippen molar-refractivity contribution >= 4 is 39.7 Å². The number of rotatable bonds is 4. The highest BCUT2D eigenvalue weighted by Crippen LogP contribution is 2.41. The molecule has 1 unspecified atom stereocenters. The van der Waals surface area contributed by atoms with Crippen molar-refractivity contribution in [3.05, 3.63) is 64.0 Å². The van der Waals surface area contributed by atoms with Gasteiger partial charge in [-0.3, -0.25) is 9.59 Å². The predicted octanol–water partition coefficient (Wildman–Crippen LogP) is 4.06. The number of para-hydroxylation sites is 1. The Labute approximate surface area is 154 Å². The maximum absolute atomic E-state index is 12.8. The summed E-state index contributed by atoms with van der Waals surface area (Å²) < 4.78 is 0. The number of aliphatic hydroxyl groups excluding tert-OH is 1. The van der Waals surface area contributed by atoms with Crippen molar-refractivity contribution in [1.29, 1.82) is 0 Å². The van der Waals surface area contributed by atoms with Gasteiger partial charge in [-0.05, 0) is 23.9 Å². The molecule has 132 valence electrons. The van der Waals surface area contributed by atoms with Gasteiger partial charge in [0.25, 0.3) is 11.7 Å². The molecule has 0 spiro atoms. The number of aromatic nitrogens is 1. The molecule has 1 atom stereocenters. The average Bonchev–Trinajstić information content (AvgIpc) is 3.36. The van der Waals surface area contributed by atoms with Gasteiger partial charge in [-0.15, -0.1) is 11.3 Å². The van der Waals surface area contributed by atoms with Crippen LogP contribution < -0.4 is 0 Å². The highest BCUT2D eigenvalue weighted by molar-refractivity contribution is 7.10. The lowest BCUT2D eigenvalue weighted by molar-refractivity contribution is -0.139. The van der Waals surface area contributed by atoms with E-state index in [2.05, 4.69) is 4.98 Å². The molecule has 1 aromatic carbocycles. The van der Waals surface area contributed by atoms with Crippen LogP contribution in [0.4, 0.5) is 0 Å². The summed E-state index contributed by atoms with van der Waals surface area (Å²) in [6.45, 7) is 2.43. The summed E-state index contributed by atoms with van der Waals surface area (Å²) in [6.07, 6.45) is 2.42. The number of thiophene rings is 1. The minimum Gasteiger partial charge on any atom is -0.507 e. The van der Waals surface area contributed by atoms with E-state index < -0.39 is 17.7 Å². The molecule has 1 fully saturated rings. The summed E-state index contributed by atoms with van der Waals surface area (Å²) in [6, 6.07) is 10.8. The van der Waals surface area contributed by atoms with Gasteiger partial charge in [0.15, 0.2) is 0 Å². The molecule has 3 aromatic rings. The van der Waals surface area contributed by atoms with Crippen LogP contribution in [0.15, 0.2) is 53.5 Å². The van der Waals surface area contributed by atoms with Crippen molar-refractivity contribution < 1.29 is 14.7 Å². The second-order valence-electron chi connectivity index (χ2n) is 6.26. The van der Waals surface area contributed by atoms with Gasteiger partial charge in [0, 0.05) is 34.1 Å². The summed E-state index contributed by atoms with van der Waals surface area (Å²) in [5.74, 6) is -1.30. The number of fused-ring (bicyclic) bond motifs is 1. The Hall–Kier alpha value is -2.86. The molecule has 1 saturated heterocycles. The lowest BCUT2D eigenvalue weighted by atomic mass is 9.99. The van der Waals surface area contributed by atoms with E-state index in [1.165, 1.54) is 11.3 Å². The number of ketones is 1. The number of carbonyl (C=O) groups is 2. The van der Waals surface area contributed by atoms with Gasteiger partial charge < -0.3 is 15.0 Å². The molecule has 2 aromatic heterocycles. The number of hydrogen-bond acceptors (Lipinski definition) is 4. The van der Waals surface area contributed by atoms with Crippen molar-refractivity contribution in [2.75, 3.05) is 6.54 Å². The lowest BCUT2D eigenvalue weighted by Crippen LogP contribution is -2.30. The Morgan fingerprint density at radius 2 is 2.04 bits per heavy atom. The van der Waals surface area contributed by atoms with E-state index in [-0.39, 0.29) is 11.3 Å². The molecule has 0 aliphatic carbocycles. The molecule has 2 N–H and O–H groups in total. The second-order valence-corrected chi connectivity index (χ2v) is 7.24. The van der Waals surface area contributed by atoms with Crippen LogP contribution in [-0.2, 0) is 9.59 Å². The minimum absolute atomic E-state index is 0.127. The highest BCUT2D eigenvalue weighted by Gasteiger charge is 2.46. The van der Waals surface area contributed by atoms with Gasteiger partial charge in [-0.25, -0.2) is 0 Å². The van der Waals surface area contributed by atoms with E-state index in [1.54, 1.807) is 11.1 Å². The van der Waals surface area contributed by atoms with Crippen molar-refractivity contribution in [3.8, 4) is 0 Å². The molecule has 0 saturated carbocycles. The van der Waals surface area contributed by atoms with Gasteiger partial charge in [-0.1, -0.05) is 31.2 Å². The van der Waals surface area contributed by atoms with Crippen LogP contribution in [0.1, 0.15) is 29.8 Å². The van der Waals surface area contributed by atoms with Crippen molar-refractivity contribution in [1.82, 2.24) is 9.88 Å². The maximum Gasteiger partial charge on any atom is 0.295 e. The van der Waals surface area contributed by atoms with Gasteiger partial charge >= 0.3 is 0 Å². The van der Waals surface area contributed by atoms with E-state index in [0.29, 0.717) is 12.1 Å². The topological polar surface area (TPSA) is 73.4 Å². The fraction of sp³-hybridized carbons (Fsp3) is 0.200. The second kappa shape index (κ2) is 6.46. The Balaban J connectivity index is 1.93. The number of H-pyrrole nitrogens is 1. The smallest absolute Gasteiger partial charge is 0.295 e. The third-order valence-electron chi connectivity index (χ3n) is 4.66. The molecule has 1 amide bonds. The summed E-state index contributed by atoms with van der Waals surface area (Å²) in [5, 5.41) is 13.7. The molecule has 1 aliphatic heterocycles. The van der Waals surface area contributed by atoms with Crippen molar-refractivity contribution in [2.24, 2.45) is 0 Å². The summed E-state index contributed by atoms with van der Waals surface area (Å²) in [4.78, 5) is 30.9. The van der Waals surface area contributed by atoms with E-state index in [9.17, 15) is 14.7 Å². The Morgan fingerprint density at radius 3 is 2.77 bits per heavy atom. The first kappa shape index (κ1) is 16.6. The number of aromatic amines is 1. The van der Waals surface area contributed by atoms with E-state index in [1.807, 2.05) is 48.7 Å². The maximum atomic E-state index is 12.8. The molecular weight excluding hydrogens is 348 g/mol. The molecule has 3 heterocycles. The molecule has 5 nitrogen and oxygen atoms in total. The largest absolute Gasteiger partial charge is 0.507 e. The van der Waals surface area contributed by atoms with Gasteiger partial charge in [0.2, 0.25) is 0 Å². The van der Waals surface area contributed by atoms with Crippen LogP contribution in [0.25, 0.3) is 16.7 Å². The normalized spacial score (nSPS) is 19.6. The van der Waals surface area contributed by atoms with Gasteiger partial charge in [0.05, 0.1) is 11.6 Å². The third kappa shape index (κ3) is 2.45. The van der Waals surface area contributed by atoms with Crippen LogP contribution in [0.2, 0.25) is 0 Å². The van der Waals surface area contributed by atoms with Crippen molar-refractivity contribution in [2.45, 2.75) is 19.4 Å². The minimum atomic E-state index is -0.625. The standard InChI is InChI=1S/C20H18N2O3S/c1-2-9-22-17(15-8-5-10-26-15)16(19(24)20(22)25)18(23)13-11-21-14-7-4-3-6-12(13)14/h3-8,10-11,17,21,23H,2,9H2,1H3/b18-16-. The zero-order valence-electron chi connectivity index (χ0n) is 14.2. The first-order valence-corrected chi connectivity index (χ1v) is 9.39. The Kier molecular flexibility index (Phi) is 4.12. The van der Waals surface area contributed by atoms with Gasteiger partial charge in [-0.2, -0.15) is 0 Å². The number of benzene rings is 1. The van der Waals surface area contributed by atoms with E-state index in [0.717, 1.165) is 22.2 Å². The average molecular weight is 366 g/mol. The highest BCUT2D eigenvalue weighted by atomic mass is 32.1. The lowest BCUT2D eigenvalue weighted by Gasteiger charge is -2.23. The molecule has 0 radical (unpaired) electrons. The van der Waals surface area contributed by atoms with Crippen LogP contribution in [-0.4, -0.2) is 33.2 Å². The molecular formula is C20H18N2O3S. The van der Waals surface area contributed by atoms with E-state index in [4.69, 9.17) is 0 Å². The zero-order chi connectivity index (χ0) is 18.3. The number of Topliss-reactive ketones (excluding diaryl/α,β-unsaturated/α-hetero) is 1. The van der Waals surface area contributed by atoms with Crippen LogP contribution in [0.5, 0.6) is 0 Å². The molecule has 0 bridgehead atoms. The first-order chi connectivity index (χ1) is 12.6. The number of aliphatic hydroxyl groups is 1. The van der Waals surface area contributed by atoms with Crippen molar-refractivity contribution in [3.63, 3.8) is 0 Å². The zero-order valence-corrected chi connectivity index (χ0v) is 15.0. The molecule has 1 aliphatic rings. The van der Waals surface area contributed by atoms with Crippen LogP contribution >= 0.6 is 11.3 Å². The number of nitrogens with zero attached hydrogens (tertiary/aromatic N) is 1. The van der Waals surface area contributed by atoms with Gasteiger partial charge in [0.1, 0.15) is 5.76 Å². The first-order valence-electron chi connectivity index (χ1n) is 8.51. The van der Waals surface area contributed by atoms with E-state index >= 15 is 0 Å². The number of carbonyl (C=O) groups excluding carboxylic acids is 2. The van der Waals surface area contributed by atoms with Crippen LogP contribution in [0.3, 0.4) is 0 Å². The number of likely N-dealkylation sites (tertiary alicyclic amines) is 1. The molecule has 4 rings (SSSR count). The number of hydrogen-bond donors (Lipinski definition) is 2. The summed E-state index contributed by atoms with van der Waals surface area (Å²) >= 11 is 1.48. The Morgan fingerprint density at radius 1 is 1.23 bits per heavy atom. The monoisotopic (exact) mass is 366 g/mol. The number of amides is 1.